The van der Waals surface area contributed by atoms with Gasteiger partial charge in [-0.05, 0) is 24.3 Å². The van der Waals surface area contributed by atoms with Crippen molar-refractivity contribution >= 4 is 40.0 Å². The molecule has 7 nitrogen and oxygen atoms in total. The molecule has 0 saturated heterocycles. The first-order valence-corrected chi connectivity index (χ1v) is 11.5. The number of fused-ring (bicyclic) bond motifs is 1. The SMILES string of the molecule is O=C(CSc1ncc(CO)n1CC(=O)NC1CCCC1)Nc1cccc2ccccc12. The Hall–Kier alpha value is -2.84. The molecule has 1 fully saturated rings. The van der Waals surface area contributed by atoms with E-state index in [4.69, 9.17) is 0 Å². The van der Waals surface area contributed by atoms with E-state index in [1.807, 2.05) is 42.5 Å². The number of carbonyl (C=O) groups excluding carboxylic acids is 2. The summed E-state index contributed by atoms with van der Waals surface area (Å²) >= 11 is 1.25. The van der Waals surface area contributed by atoms with Gasteiger partial charge in [-0.2, -0.15) is 0 Å². The standard InChI is InChI=1S/C23H26N4O3S/c28-14-18-12-24-23(27(18)13-21(29)25-17-8-2-3-9-17)31-15-22(30)26-20-11-5-7-16-6-1-4-10-19(16)20/h1,4-7,10-12,17,28H,2-3,8-9,13-15H2,(H,25,29)(H,26,30). The maximum atomic E-state index is 12.6. The van der Waals surface area contributed by atoms with Crippen LogP contribution in [0.4, 0.5) is 5.69 Å². The Labute approximate surface area is 185 Å². The van der Waals surface area contributed by atoms with E-state index in [1.165, 1.54) is 11.8 Å². The highest BCUT2D eigenvalue weighted by atomic mass is 32.2. The quantitative estimate of drug-likeness (QED) is 0.469. The Balaban J connectivity index is 1.39. The fourth-order valence-corrected chi connectivity index (χ4v) is 4.74. The largest absolute Gasteiger partial charge is 0.390 e. The lowest BCUT2D eigenvalue weighted by atomic mass is 10.1. The number of hydrogen-bond acceptors (Lipinski definition) is 5. The third kappa shape index (κ3) is 5.26. The molecule has 0 bridgehead atoms. The van der Waals surface area contributed by atoms with E-state index in [2.05, 4.69) is 15.6 Å². The normalized spacial score (nSPS) is 14.1. The number of hydrogen-bond donors (Lipinski definition) is 3. The summed E-state index contributed by atoms with van der Waals surface area (Å²) in [5, 5.41) is 18.2. The third-order valence-electron chi connectivity index (χ3n) is 5.48. The van der Waals surface area contributed by atoms with Crippen molar-refractivity contribution in [2.24, 2.45) is 0 Å². The molecule has 4 rings (SSSR count). The number of carbonyl (C=O) groups is 2. The van der Waals surface area contributed by atoms with Crippen molar-refractivity contribution < 1.29 is 14.7 Å². The molecule has 1 heterocycles. The molecule has 0 spiro atoms. The summed E-state index contributed by atoms with van der Waals surface area (Å²) in [6.07, 6.45) is 5.86. The number of aromatic nitrogens is 2. The molecule has 8 heteroatoms. The lowest BCUT2D eigenvalue weighted by molar-refractivity contribution is -0.122. The van der Waals surface area contributed by atoms with Gasteiger partial charge in [-0.15, -0.1) is 0 Å². The number of aliphatic hydroxyl groups excluding tert-OH is 1. The van der Waals surface area contributed by atoms with E-state index in [-0.39, 0.29) is 36.8 Å². The average molecular weight is 439 g/mol. The highest BCUT2D eigenvalue weighted by Gasteiger charge is 2.20. The molecule has 1 saturated carbocycles. The Kier molecular flexibility index (Phi) is 6.89. The number of amides is 2. The van der Waals surface area contributed by atoms with Gasteiger partial charge in [-0.1, -0.05) is 61.0 Å². The molecule has 1 aromatic heterocycles. The Morgan fingerprint density at radius 2 is 1.87 bits per heavy atom. The zero-order valence-electron chi connectivity index (χ0n) is 17.2. The van der Waals surface area contributed by atoms with Crippen LogP contribution in [0.25, 0.3) is 10.8 Å². The maximum absolute atomic E-state index is 12.6. The Morgan fingerprint density at radius 3 is 2.68 bits per heavy atom. The molecule has 0 unspecified atom stereocenters. The number of rotatable bonds is 8. The number of aliphatic hydroxyl groups is 1. The zero-order valence-corrected chi connectivity index (χ0v) is 18.0. The molecule has 0 atom stereocenters. The van der Waals surface area contributed by atoms with E-state index in [0.717, 1.165) is 42.1 Å². The molecule has 0 radical (unpaired) electrons. The molecule has 2 amide bonds. The minimum absolute atomic E-state index is 0.0830. The summed E-state index contributed by atoms with van der Waals surface area (Å²) in [6, 6.07) is 13.9. The summed E-state index contributed by atoms with van der Waals surface area (Å²) in [6.45, 7) is -0.133. The molecule has 3 aromatic rings. The Bertz CT molecular complexity index is 1070. The van der Waals surface area contributed by atoms with Crippen molar-refractivity contribution in [3.05, 3.63) is 54.4 Å². The van der Waals surface area contributed by atoms with E-state index in [9.17, 15) is 14.7 Å². The van der Waals surface area contributed by atoms with Crippen molar-refractivity contribution in [2.75, 3.05) is 11.1 Å². The smallest absolute Gasteiger partial charge is 0.240 e. The Morgan fingerprint density at radius 1 is 1.10 bits per heavy atom. The van der Waals surface area contributed by atoms with Gasteiger partial charge in [0.05, 0.1) is 24.3 Å². The van der Waals surface area contributed by atoms with Gasteiger partial charge in [-0.3, -0.25) is 9.59 Å². The van der Waals surface area contributed by atoms with Crippen LogP contribution >= 0.6 is 11.8 Å². The van der Waals surface area contributed by atoms with Crippen molar-refractivity contribution in [3.8, 4) is 0 Å². The highest BCUT2D eigenvalue weighted by molar-refractivity contribution is 7.99. The summed E-state index contributed by atoms with van der Waals surface area (Å²) in [7, 11) is 0. The van der Waals surface area contributed by atoms with Crippen LogP contribution in [0.2, 0.25) is 0 Å². The van der Waals surface area contributed by atoms with E-state index in [1.54, 1.807) is 10.8 Å². The first kappa shape index (κ1) is 21.4. The fraction of sp³-hybridized carbons (Fsp3) is 0.348. The summed E-state index contributed by atoms with van der Waals surface area (Å²) in [4.78, 5) is 29.3. The summed E-state index contributed by atoms with van der Waals surface area (Å²) in [5.41, 5.74) is 1.32. The molecule has 1 aliphatic rings. The maximum Gasteiger partial charge on any atom is 0.240 e. The van der Waals surface area contributed by atoms with Crippen LogP contribution in [-0.2, 0) is 22.7 Å². The molecule has 162 valence electrons. The summed E-state index contributed by atoms with van der Waals surface area (Å²) < 4.78 is 1.68. The molecule has 2 aromatic carbocycles. The fourth-order valence-electron chi connectivity index (χ4n) is 3.94. The van der Waals surface area contributed by atoms with E-state index < -0.39 is 0 Å². The minimum atomic E-state index is -0.216. The van der Waals surface area contributed by atoms with Gasteiger partial charge in [0.1, 0.15) is 6.54 Å². The third-order valence-corrected chi connectivity index (χ3v) is 6.47. The van der Waals surface area contributed by atoms with Crippen LogP contribution in [0.15, 0.2) is 53.8 Å². The number of benzene rings is 2. The molecule has 0 aliphatic heterocycles. The second-order valence-corrected chi connectivity index (χ2v) is 8.63. The van der Waals surface area contributed by atoms with Crippen molar-refractivity contribution in [3.63, 3.8) is 0 Å². The van der Waals surface area contributed by atoms with E-state index >= 15 is 0 Å². The molecular formula is C23H26N4O3S. The second-order valence-electron chi connectivity index (χ2n) is 7.69. The number of nitrogens with zero attached hydrogens (tertiary/aromatic N) is 2. The molecule has 3 N–H and O–H groups in total. The lowest BCUT2D eigenvalue weighted by Crippen LogP contribution is -2.35. The average Bonchev–Trinajstić information content (AvgIpc) is 3.42. The number of thioether (sulfide) groups is 1. The van der Waals surface area contributed by atoms with Crippen LogP contribution in [0, 0.1) is 0 Å². The van der Waals surface area contributed by atoms with Crippen LogP contribution in [0.1, 0.15) is 31.4 Å². The van der Waals surface area contributed by atoms with Gasteiger partial charge in [-0.25, -0.2) is 4.98 Å². The zero-order chi connectivity index (χ0) is 21.6. The van der Waals surface area contributed by atoms with Gasteiger partial charge in [0.15, 0.2) is 5.16 Å². The van der Waals surface area contributed by atoms with Gasteiger partial charge in [0, 0.05) is 17.1 Å². The van der Waals surface area contributed by atoms with Gasteiger partial charge in [0.2, 0.25) is 11.8 Å². The second kappa shape index (κ2) is 9.98. The topological polar surface area (TPSA) is 96.2 Å². The molecule has 31 heavy (non-hydrogen) atoms. The van der Waals surface area contributed by atoms with Crippen molar-refractivity contribution in [1.82, 2.24) is 14.9 Å². The predicted molar refractivity (Wildman–Crippen MR) is 122 cm³/mol. The van der Waals surface area contributed by atoms with Crippen LogP contribution < -0.4 is 10.6 Å². The van der Waals surface area contributed by atoms with Gasteiger partial charge < -0.3 is 20.3 Å². The first-order chi connectivity index (χ1) is 15.1. The lowest BCUT2D eigenvalue weighted by Gasteiger charge is -2.14. The van der Waals surface area contributed by atoms with Gasteiger partial charge in [0.25, 0.3) is 0 Å². The highest BCUT2D eigenvalue weighted by Crippen LogP contribution is 2.24. The number of imidazole rings is 1. The molecule has 1 aliphatic carbocycles. The van der Waals surface area contributed by atoms with Crippen molar-refractivity contribution in [1.29, 1.82) is 0 Å². The van der Waals surface area contributed by atoms with E-state index in [0.29, 0.717) is 10.9 Å². The number of anilines is 1. The van der Waals surface area contributed by atoms with Crippen LogP contribution in [0.3, 0.4) is 0 Å². The van der Waals surface area contributed by atoms with Crippen LogP contribution in [-0.4, -0.2) is 38.3 Å². The minimum Gasteiger partial charge on any atom is -0.390 e. The molecular weight excluding hydrogens is 412 g/mol. The van der Waals surface area contributed by atoms with Gasteiger partial charge >= 0.3 is 0 Å². The predicted octanol–water partition coefficient (Wildman–Crippen LogP) is 3.32. The first-order valence-electron chi connectivity index (χ1n) is 10.5. The van der Waals surface area contributed by atoms with Crippen molar-refractivity contribution in [2.45, 2.75) is 50.0 Å². The van der Waals surface area contributed by atoms with Crippen LogP contribution in [0.5, 0.6) is 0 Å². The summed E-state index contributed by atoms with van der Waals surface area (Å²) in [5.74, 6) is -0.103. The monoisotopic (exact) mass is 438 g/mol. The number of nitrogens with one attached hydrogen (secondary N) is 2.